The molecule has 16 heteroatoms. The van der Waals surface area contributed by atoms with Crippen molar-refractivity contribution in [2.75, 3.05) is 50.5 Å². The molecular formula is C37H36ClF3N8O3S. The summed E-state index contributed by atoms with van der Waals surface area (Å²) in [7, 11) is 1.83. The highest BCUT2D eigenvalue weighted by molar-refractivity contribution is 7.23. The molecule has 276 valence electrons. The third-order valence-corrected chi connectivity index (χ3v) is 13.7. The number of nitrogen functional groups attached to an aromatic ring is 1. The zero-order chi connectivity index (χ0) is 36.5. The minimum absolute atomic E-state index is 0.0169. The molecule has 3 unspecified atom stereocenters. The largest absolute Gasteiger partial charge is 0.486 e. The molecule has 0 radical (unpaired) electrons. The van der Waals surface area contributed by atoms with Crippen LogP contribution in [0.3, 0.4) is 0 Å². The zero-order valence-electron chi connectivity index (χ0n) is 28.8. The highest BCUT2D eigenvalue weighted by Gasteiger charge is 2.53. The molecule has 1 aliphatic carbocycles. The minimum atomic E-state index is -0.967. The number of rotatable bonds is 6. The molecule has 0 bridgehead atoms. The van der Waals surface area contributed by atoms with Crippen LogP contribution in [0, 0.1) is 28.9 Å². The normalized spacial score (nSPS) is 29.2. The molecule has 5 aliphatic heterocycles. The number of nitrogens with one attached hydrogen (secondary N) is 1. The fourth-order valence-electron chi connectivity index (χ4n) is 9.42. The molecule has 1 saturated carbocycles. The van der Waals surface area contributed by atoms with Crippen molar-refractivity contribution in [1.29, 1.82) is 5.26 Å². The van der Waals surface area contributed by atoms with Gasteiger partial charge in [0, 0.05) is 56.5 Å². The van der Waals surface area contributed by atoms with Gasteiger partial charge in [0.1, 0.15) is 53.1 Å². The maximum absolute atomic E-state index is 17.4. The summed E-state index contributed by atoms with van der Waals surface area (Å²) in [5.41, 5.74) is 5.56. The molecule has 6 aliphatic rings. The van der Waals surface area contributed by atoms with Crippen molar-refractivity contribution in [1.82, 2.24) is 25.1 Å². The Morgan fingerprint density at radius 1 is 1.23 bits per heavy atom. The maximum Gasteiger partial charge on any atom is 0.319 e. The van der Waals surface area contributed by atoms with Gasteiger partial charge in [0.05, 0.1) is 32.3 Å². The second-order valence-electron chi connectivity index (χ2n) is 15.4. The summed E-state index contributed by atoms with van der Waals surface area (Å²) in [6.45, 7) is 2.03. The number of hydrogen-bond donors (Lipinski definition) is 2. The molecule has 7 heterocycles. The van der Waals surface area contributed by atoms with Gasteiger partial charge in [-0.3, -0.25) is 15.0 Å². The van der Waals surface area contributed by atoms with Gasteiger partial charge in [-0.15, -0.1) is 11.3 Å². The average Bonchev–Trinajstić information content (AvgIpc) is 4.05. The van der Waals surface area contributed by atoms with Gasteiger partial charge in [-0.2, -0.15) is 15.2 Å². The Balaban J connectivity index is 1.11. The molecule has 4 aromatic rings. The molecule has 6 atom stereocenters. The van der Waals surface area contributed by atoms with Gasteiger partial charge in [-0.25, -0.2) is 13.2 Å². The number of fused-ring (bicyclic) bond motifs is 3. The van der Waals surface area contributed by atoms with Crippen LogP contribution in [0.1, 0.15) is 44.1 Å². The van der Waals surface area contributed by atoms with Crippen LogP contribution in [-0.2, 0) is 4.79 Å². The third kappa shape index (κ3) is 5.08. The lowest BCUT2D eigenvalue weighted by atomic mass is 9.95. The summed E-state index contributed by atoms with van der Waals surface area (Å²) in [4.78, 5) is 29.0. The second kappa shape index (κ2) is 11.9. The van der Waals surface area contributed by atoms with E-state index in [1.54, 1.807) is 0 Å². The number of carbonyl (C=O) groups excluding carboxylic acids is 1. The molecule has 4 saturated heterocycles. The first-order chi connectivity index (χ1) is 25.6. The first kappa shape index (κ1) is 33.5. The van der Waals surface area contributed by atoms with E-state index < -0.39 is 35.5 Å². The van der Waals surface area contributed by atoms with Crippen LogP contribution < -0.4 is 25.4 Å². The number of benzene rings is 2. The number of piperidine rings is 1. The van der Waals surface area contributed by atoms with Crippen LogP contribution in [0.5, 0.6) is 11.8 Å². The average molecular weight is 765 g/mol. The van der Waals surface area contributed by atoms with Gasteiger partial charge < -0.3 is 25.0 Å². The number of nitrogens with two attached hydrogens (primary N) is 1. The van der Waals surface area contributed by atoms with E-state index in [0.717, 1.165) is 43.6 Å². The van der Waals surface area contributed by atoms with Gasteiger partial charge in [0.15, 0.2) is 11.6 Å². The summed E-state index contributed by atoms with van der Waals surface area (Å²) in [5.74, 6) is -0.359. The number of likely N-dealkylation sites (N-methyl/N-ethyl adjacent to an activating group) is 1. The van der Waals surface area contributed by atoms with Crippen molar-refractivity contribution in [2.45, 2.75) is 74.5 Å². The molecule has 3 N–H and O–H groups in total. The summed E-state index contributed by atoms with van der Waals surface area (Å²) in [6, 6.07) is 4.18. The molecular weight excluding hydrogens is 729 g/mol. The van der Waals surface area contributed by atoms with Crippen molar-refractivity contribution in [3.63, 3.8) is 0 Å². The smallest absolute Gasteiger partial charge is 0.319 e. The van der Waals surface area contributed by atoms with Gasteiger partial charge in [0.25, 0.3) is 0 Å². The first-order valence-electron chi connectivity index (χ1n) is 18.2. The number of nitrogens with zero attached hydrogens (tertiary/aromatic N) is 6. The highest BCUT2D eigenvalue weighted by atomic mass is 35.5. The summed E-state index contributed by atoms with van der Waals surface area (Å²) in [5, 5.41) is 13.8. The van der Waals surface area contributed by atoms with E-state index in [1.165, 1.54) is 12.1 Å². The van der Waals surface area contributed by atoms with Crippen molar-refractivity contribution in [3.05, 3.63) is 34.4 Å². The Morgan fingerprint density at radius 3 is 2.85 bits per heavy atom. The maximum atomic E-state index is 17.4. The van der Waals surface area contributed by atoms with E-state index in [-0.39, 0.29) is 84.1 Å². The molecule has 53 heavy (non-hydrogen) atoms. The van der Waals surface area contributed by atoms with E-state index in [2.05, 4.69) is 15.2 Å². The molecule has 10 rings (SSSR count). The molecule has 11 nitrogen and oxygen atoms in total. The standard InChI is InChI=1S/C37H36ClF3N8O3S/c1-47-21-14-48(35(50)30-28(44-30)16-3-4-16)10-7-22(21)52-31-25-29(45-36(46-34(25)47)51-15-37-8-2-9-49(37)13-17(39)11-37)27(41)24(26(31)38)18-5-6-20(40)32-23(18)19(12-42)33(43)53-32/h5-6,16-17,21-22,28,30,44H,2-4,7-11,13-15,43H2,1H3/t17-,21?,22?,28+,30?,37+/m1/s1. The van der Waals surface area contributed by atoms with E-state index in [9.17, 15) is 14.4 Å². The lowest BCUT2D eigenvalue weighted by molar-refractivity contribution is -0.133. The number of aromatic nitrogens is 2. The fraction of sp³-hybridized carbons (Fsp3) is 0.514. The van der Waals surface area contributed by atoms with E-state index >= 15 is 8.78 Å². The number of likely N-dealkylation sites (tertiary alicyclic amines) is 1. The van der Waals surface area contributed by atoms with Crippen LogP contribution >= 0.6 is 22.9 Å². The van der Waals surface area contributed by atoms with Gasteiger partial charge in [-0.05, 0) is 49.8 Å². The Morgan fingerprint density at radius 2 is 2.06 bits per heavy atom. The monoisotopic (exact) mass is 764 g/mol. The molecule has 2 aromatic carbocycles. The Kier molecular flexibility index (Phi) is 7.55. The second-order valence-corrected chi connectivity index (χ2v) is 16.8. The van der Waals surface area contributed by atoms with Crippen molar-refractivity contribution in [3.8, 4) is 29.0 Å². The summed E-state index contributed by atoms with van der Waals surface area (Å²) >= 11 is 8.08. The van der Waals surface area contributed by atoms with Crippen molar-refractivity contribution in [2.24, 2.45) is 5.92 Å². The summed E-state index contributed by atoms with van der Waals surface area (Å²) < 4.78 is 60.3. The number of halogens is 4. The number of hydrogen-bond acceptors (Lipinski definition) is 11. The van der Waals surface area contributed by atoms with Gasteiger partial charge in [-0.1, -0.05) is 17.7 Å². The van der Waals surface area contributed by atoms with E-state index in [1.807, 2.05) is 22.9 Å². The van der Waals surface area contributed by atoms with Crippen LogP contribution in [0.15, 0.2) is 12.1 Å². The molecule has 1 amide bonds. The number of thiophene rings is 1. The van der Waals surface area contributed by atoms with Crippen molar-refractivity contribution >= 4 is 60.7 Å². The molecule has 5 fully saturated rings. The van der Waals surface area contributed by atoms with Crippen LogP contribution in [0.25, 0.3) is 32.1 Å². The van der Waals surface area contributed by atoms with Gasteiger partial charge >= 0.3 is 6.01 Å². The number of ether oxygens (including phenoxy) is 2. The van der Waals surface area contributed by atoms with Crippen LogP contribution in [0.2, 0.25) is 5.02 Å². The Labute approximate surface area is 311 Å². The zero-order valence-corrected chi connectivity index (χ0v) is 30.4. The van der Waals surface area contributed by atoms with E-state index in [0.29, 0.717) is 44.2 Å². The minimum Gasteiger partial charge on any atom is -0.486 e. The molecule has 0 spiro atoms. The quantitative estimate of drug-likeness (QED) is 0.245. The topological polar surface area (TPSA) is 143 Å². The van der Waals surface area contributed by atoms with Crippen LogP contribution in [-0.4, -0.2) is 101 Å². The number of carbonyl (C=O) groups is 1. The Bertz CT molecular complexity index is 2280. The lowest BCUT2D eigenvalue weighted by Gasteiger charge is -2.41. The number of amides is 1. The predicted molar refractivity (Wildman–Crippen MR) is 194 cm³/mol. The number of anilines is 2. The predicted octanol–water partition coefficient (Wildman–Crippen LogP) is 5.40. The van der Waals surface area contributed by atoms with Crippen LogP contribution in [0.4, 0.5) is 24.0 Å². The highest BCUT2D eigenvalue weighted by Crippen LogP contribution is 2.52. The Hall–Kier alpha value is -4.10. The number of nitriles is 1. The molecule has 2 aromatic heterocycles. The first-order valence-corrected chi connectivity index (χ1v) is 19.4. The van der Waals surface area contributed by atoms with Crippen molar-refractivity contribution < 1.29 is 27.4 Å². The van der Waals surface area contributed by atoms with Gasteiger partial charge in [0.2, 0.25) is 5.91 Å². The number of alkyl halides is 1. The van der Waals surface area contributed by atoms with E-state index in [4.69, 9.17) is 31.8 Å². The lowest BCUT2D eigenvalue weighted by Crippen LogP contribution is -2.58. The fourth-order valence-corrected chi connectivity index (χ4v) is 10.7. The third-order valence-electron chi connectivity index (χ3n) is 12.3. The SMILES string of the molecule is CN1c2nc(OC[C@@]34CCCN3C[C@H](F)C4)nc3c(F)c(-c4ccc(F)c5sc(N)c(C#N)c45)c(Cl)c(c23)OC2CCN(C(=O)C3N[C@H]3C3CC3)CC21. The summed E-state index contributed by atoms with van der Waals surface area (Å²) in [6.07, 6.45) is 3.32.